The maximum atomic E-state index is 12.5. The second kappa shape index (κ2) is 10.4. The van der Waals surface area contributed by atoms with Gasteiger partial charge in [-0.3, -0.25) is 9.59 Å². The van der Waals surface area contributed by atoms with Crippen molar-refractivity contribution in [3.05, 3.63) is 83.4 Å². The van der Waals surface area contributed by atoms with Crippen molar-refractivity contribution in [2.45, 2.75) is 26.3 Å². The smallest absolute Gasteiger partial charge is 0.309 e. The van der Waals surface area contributed by atoms with Crippen LogP contribution in [0, 0.1) is 13.8 Å². The zero-order valence-electron chi connectivity index (χ0n) is 18.0. The number of rotatable bonds is 9. The Morgan fingerprint density at radius 1 is 1.13 bits per heavy atom. The average molecular weight is 421 g/mol. The molecule has 162 valence electrons. The monoisotopic (exact) mass is 421 g/mol. The predicted octanol–water partition coefficient (Wildman–Crippen LogP) is 3.25. The SMILES string of the molecule is Cc1ccc(C)c(OCCC(=O)OCC(=O)N[C@@H](c2ccccc2)c2nccn2C)c1. The van der Waals surface area contributed by atoms with E-state index < -0.39 is 17.9 Å². The number of carbonyl (C=O) groups is 2. The molecule has 0 aliphatic carbocycles. The quantitative estimate of drug-likeness (QED) is 0.537. The fraction of sp³-hybridized carbons (Fsp3) is 0.292. The molecule has 1 amide bonds. The zero-order chi connectivity index (χ0) is 22.2. The standard InChI is InChI=1S/C24H27N3O4/c1-17-9-10-18(2)20(15-17)30-14-11-22(29)31-16-21(28)26-23(19-7-5-4-6-8-19)24-25-12-13-27(24)3/h4-10,12-13,15,23H,11,14,16H2,1-3H3,(H,26,28)/t23-/m0/s1. The summed E-state index contributed by atoms with van der Waals surface area (Å²) in [6.45, 7) is 3.75. The van der Waals surface area contributed by atoms with Crippen LogP contribution in [0.2, 0.25) is 0 Å². The van der Waals surface area contributed by atoms with Crippen molar-refractivity contribution in [3.8, 4) is 5.75 Å². The summed E-state index contributed by atoms with van der Waals surface area (Å²) in [4.78, 5) is 28.8. The fourth-order valence-electron chi connectivity index (χ4n) is 3.13. The summed E-state index contributed by atoms with van der Waals surface area (Å²) in [7, 11) is 1.86. The molecule has 7 nitrogen and oxygen atoms in total. The number of aryl methyl sites for hydroxylation is 3. The van der Waals surface area contributed by atoms with Gasteiger partial charge in [0.2, 0.25) is 0 Å². The first-order chi connectivity index (χ1) is 14.9. The van der Waals surface area contributed by atoms with Gasteiger partial charge in [-0.25, -0.2) is 4.98 Å². The van der Waals surface area contributed by atoms with Crippen LogP contribution in [0.25, 0.3) is 0 Å². The van der Waals surface area contributed by atoms with Crippen molar-refractivity contribution in [1.82, 2.24) is 14.9 Å². The van der Waals surface area contributed by atoms with Crippen molar-refractivity contribution in [2.24, 2.45) is 7.05 Å². The van der Waals surface area contributed by atoms with Gasteiger partial charge in [0.05, 0.1) is 13.0 Å². The normalized spacial score (nSPS) is 11.6. The van der Waals surface area contributed by atoms with Crippen molar-refractivity contribution in [1.29, 1.82) is 0 Å². The summed E-state index contributed by atoms with van der Waals surface area (Å²) in [6.07, 6.45) is 3.54. The number of esters is 1. The van der Waals surface area contributed by atoms with E-state index in [0.29, 0.717) is 5.82 Å². The van der Waals surface area contributed by atoms with Gasteiger partial charge in [-0.05, 0) is 36.6 Å². The van der Waals surface area contributed by atoms with Crippen LogP contribution in [0.3, 0.4) is 0 Å². The molecule has 0 spiro atoms. The second-order valence-electron chi connectivity index (χ2n) is 7.34. The number of aromatic nitrogens is 2. The van der Waals surface area contributed by atoms with Gasteiger partial charge in [0.15, 0.2) is 6.61 Å². The van der Waals surface area contributed by atoms with Gasteiger partial charge in [-0.2, -0.15) is 0 Å². The van der Waals surface area contributed by atoms with Gasteiger partial charge in [-0.1, -0.05) is 42.5 Å². The van der Waals surface area contributed by atoms with Crippen LogP contribution in [0.5, 0.6) is 5.75 Å². The maximum Gasteiger partial charge on any atom is 0.309 e. The summed E-state index contributed by atoms with van der Waals surface area (Å²) >= 11 is 0. The van der Waals surface area contributed by atoms with Gasteiger partial charge in [0, 0.05) is 19.4 Å². The Balaban J connectivity index is 1.50. The zero-order valence-corrected chi connectivity index (χ0v) is 18.0. The predicted molar refractivity (Wildman–Crippen MR) is 117 cm³/mol. The molecular weight excluding hydrogens is 394 g/mol. The molecule has 0 aliphatic rings. The van der Waals surface area contributed by atoms with Crippen molar-refractivity contribution in [3.63, 3.8) is 0 Å². The second-order valence-corrected chi connectivity index (χ2v) is 7.34. The molecule has 31 heavy (non-hydrogen) atoms. The molecule has 0 bridgehead atoms. The minimum absolute atomic E-state index is 0.0577. The molecule has 7 heteroatoms. The summed E-state index contributed by atoms with van der Waals surface area (Å²) < 4.78 is 12.6. The van der Waals surface area contributed by atoms with Crippen LogP contribution in [0.15, 0.2) is 60.9 Å². The van der Waals surface area contributed by atoms with Crippen molar-refractivity contribution < 1.29 is 19.1 Å². The Hall–Kier alpha value is -3.61. The fourth-order valence-corrected chi connectivity index (χ4v) is 3.13. The third-order valence-electron chi connectivity index (χ3n) is 4.83. The molecule has 1 aromatic heterocycles. The van der Waals surface area contributed by atoms with Gasteiger partial charge in [0.25, 0.3) is 5.91 Å². The van der Waals surface area contributed by atoms with E-state index in [-0.39, 0.29) is 19.6 Å². The molecule has 0 saturated heterocycles. The maximum absolute atomic E-state index is 12.5. The number of carbonyl (C=O) groups excluding carboxylic acids is 2. The molecule has 0 radical (unpaired) electrons. The number of nitrogens with one attached hydrogen (secondary N) is 1. The summed E-state index contributed by atoms with van der Waals surface area (Å²) in [5, 5.41) is 2.90. The first kappa shape index (κ1) is 22.1. The molecule has 0 unspecified atom stereocenters. The van der Waals surface area contributed by atoms with Gasteiger partial charge in [-0.15, -0.1) is 0 Å². The molecule has 1 atom stereocenters. The van der Waals surface area contributed by atoms with Crippen molar-refractivity contribution in [2.75, 3.05) is 13.2 Å². The van der Waals surface area contributed by atoms with Crippen LogP contribution in [-0.4, -0.2) is 34.6 Å². The molecule has 0 saturated carbocycles. The van der Waals surface area contributed by atoms with Crippen LogP contribution < -0.4 is 10.1 Å². The van der Waals surface area contributed by atoms with E-state index in [1.165, 1.54) is 0 Å². The number of hydrogen-bond acceptors (Lipinski definition) is 5. The van der Waals surface area contributed by atoms with E-state index in [0.717, 1.165) is 22.4 Å². The number of imidazole rings is 1. The molecule has 3 aromatic rings. The van der Waals surface area contributed by atoms with Crippen LogP contribution >= 0.6 is 0 Å². The largest absolute Gasteiger partial charge is 0.493 e. The highest BCUT2D eigenvalue weighted by atomic mass is 16.5. The lowest BCUT2D eigenvalue weighted by Gasteiger charge is -2.19. The Kier molecular flexibility index (Phi) is 7.43. The minimum atomic E-state index is -0.492. The molecule has 1 heterocycles. The van der Waals surface area contributed by atoms with Gasteiger partial charge >= 0.3 is 5.97 Å². The summed E-state index contributed by atoms with van der Waals surface area (Å²) in [6, 6.07) is 15.0. The number of amides is 1. The van der Waals surface area contributed by atoms with Crippen molar-refractivity contribution >= 4 is 11.9 Å². The number of nitrogens with zero attached hydrogens (tertiary/aromatic N) is 2. The Labute approximate surface area is 182 Å². The van der Waals surface area contributed by atoms with E-state index >= 15 is 0 Å². The van der Waals surface area contributed by atoms with Crippen LogP contribution in [-0.2, 0) is 21.4 Å². The first-order valence-electron chi connectivity index (χ1n) is 10.1. The Bertz CT molecular complexity index is 1030. The summed E-state index contributed by atoms with van der Waals surface area (Å²) in [5.74, 6) is 0.536. The molecule has 2 aromatic carbocycles. The lowest BCUT2D eigenvalue weighted by molar-refractivity contribution is -0.149. The van der Waals surface area contributed by atoms with Crippen LogP contribution in [0.4, 0.5) is 0 Å². The lowest BCUT2D eigenvalue weighted by atomic mass is 10.1. The van der Waals surface area contributed by atoms with Crippen LogP contribution in [0.1, 0.15) is 35.0 Å². The summed E-state index contributed by atoms with van der Waals surface area (Å²) in [5.41, 5.74) is 2.97. The van der Waals surface area contributed by atoms with Gasteiger partial charge < -0.3 is 19.4 Å². The highest BCUT2D eigenvalue weighted by Crippen LogP contribution is 2.20. The molecule has 3 rings (SSSR count). The topological polar surface area (TPSA) is 82.4 Å². The molecular formula is C24H27N3O4. The third kappa shape index (κ3) is 6.18. The highest BCUT2D eigenvalue weighted by Gasteiger charge is 2.21. The number of hydrogen-bond donors (Lipinski definition) is 1. The number of benzene rings is 2. The van der Waals surface area contributed by atoms with Gasteiger partial charge in [0.1, 0.15) is 17.6 Å². The Morgan fingerprint density at radius 3 is 2.61 bits per heavy atom. The minimum Gasteiger partial charge on any atom is -0.493 e. The number of ether oxygens (including phenoxy) is 2. The van der Waals surface area contributed by atoms with E-state index in [4.69, 9.17) is 9.47 Å². The first-order valence-corrected chi connectivity index (χ1v) is 10.1. The molecule has 0 fully saturated rings. The van der Waals surface area contributed by atoms with E-state index in [1.807, 2.05) is 80.2 Å². The molecule has 0 aliphatic heterocycles. The van der Waals surface area contributed by atoms with E-state index in [2.05, 4.69) is 10.3 Å². The Morgan fingerprint density at radius 2 is 1.90 bits per heavy atom. The highest BCUT2D eigenvalue weighted by molar-refractivity contribution is 5.81. The molecule has 1 N–H and O–H groups in total. The lowest BCUT2D eigenvalue weighted by Crippen LogP contribution is -2.34. The van der Waals surface area contributed by atoms with E-state index in [9.17, 15) is 9.59 Å². The third-order valence-corrected chi connectivity index (χ3v) is 4.83. The van der Waals surface area contributed by atoms with E-state index in [1.54, 1.807) is 6.20 Å². The average Bonchev–Trinajstić information content (AvgIpc) is 3.19.